The third kappa shape index (κ3) is 4.06. The summed E-state index contributed by atoms with van der Waals surface area (Å²) in [6.07, 6.45) is 0. The molecule has 13 rings (SSSR count). The second kappa shape index (κ2) is 12.0. The number of anilines is 3. The average molecular weight is 754 g/mol. The van der Waals surface area contributed by atoms with E-state index in [9.17, 15) is 0 Å². The number of ether oxygens (including phenoxy) is 2. The van der Waals surface area contributed by atoms with E-state index in [1.54, 1.807) is 0 Å². The van der Waals surface area contributed by atoms with E-state index < -0.39 is 10.8 Å². The van der Waals surface area contributed by atoms with Crippen LogP contribution in [0.2, 0.25) is 0 Å². The highest BCUT2D eigenvalue weighted by Gasteiger charge is 2.54. The lowest BCUT2D eigenvalue weighted by atomic mass is 9.65. The molecule has 59 heavy (non-hydrogen) atoms. The second-order valence-electron chi connectivity index (χ2n) is 15.9. The molecule has 2 spiro atoms. The van der Waals surface area contributed by atoms with Crippen molar-refractivity contribution in [3.8, 4) is 45.3 Å². The molecule has 0 bridgehead atoms. The van der Waals surface area contributed by atoms with Gasteiger partial charge in [0, 0.05) is 39.1 Å². The molecule has 3 heteroatoms. The number of hydrogen-bond donors (Lipinski definition) is 0. The van der Waals surface area contributed by atoms with E-state index >= 15 is 0 Å². The van der Waals surface area contributed by atoms with Crippen LogP contribution in [0.15, 0.2) is 212 Å². The highest BCUT2D eigenvalue weighted by molar-refractivity contribution is 6.01. The molecule has 0 radical (unpaired) electrons. The topological polar surface area (TPSA) is 21.7 Å². The fourth-order valence-corrected chi connectivity index (χ4v) is 11.1. The van der Waals surface area contributed by atoms with Gasteiger partial charge in [-0.25, -0.2) is 0 Å². The Morgan fingerprint density at radius 1 is 0.288 bits per heavy atom. The molecule has 0 N–H and O–H groups in total. The van der Waals surface area contributed by atoms with Crippen molar-refractivity contribution in [1.29, 1.82) is 0 Å². The van der Waals surface area contributed by atoms with Crippen LogP contribution in [0.1, 0.15) is 44.5 Å². The van der Waals surface area contributed by atoms with E-state index in [0.29, 0.717) is 0 Å². The molecule has 0 unspecified atom stereocenters. The molecule has 2 aliphatic carbocycles. The van der Waals surface area contributed by atoms with Gasteiger partial charge in [0.25, 0.3) is 0 Å². The Hall–Kier alpha value is -7.62. The summed E-state index contributed by atoms with van der Waals surface area (Å²) < 4.78 is 13.5. The SMILES string of the molecule is c1ccc(N(c2cccc3c2-c2ccccc2C32c3ccccc3Oc3ccccc32)c2cccc3c2C2(c4ccccc4Oc4ccccc42)c2ccccc2-3)cc1. The average Bonchev–Trinajstić information content (AvgIpc) is 3.76. The maximum atomic E-state index is 6.76. The molecule has 2 aliphatic heterocycles. The molecule has 9 aromatic carbocycles. The molecule has 0 saturated carbocycles. The Kier molecular flexibility index (Phi) is 6.58. The summed E-state index contributed by atoms with van der Waals surface area (Å²) in [6.45, 7) is 0. The van der Waals surface area contributed by atoms with Gasteiger partial charge in [0.1, 0.15) is 23.0 Å². The monoisotopic (exact) mass is 753 g/mol. The summed E-state index contributed by atoms with van der Waals surface area (Å²) in [5, 5.41) is 0. The lowest BCUT2D eigenvalue weighted by Gasteiger charge is -2.42. The fraction of sp³-hybridized carbons (Fsp3) is 0.0357. The normalized spacial score (nSPS) is 14.6. The van der Waals surface area contributed by atoms with Crippen LogP contribution in [0.3, 0.4) is 0 Å². The van der Waals surface area contributed by atoms with Crippen LogP contribution in [-0.2, 0) is 10.8 Å². The van der Waals surface area contributed by atoms with E-state index in [1.807, 2.05) is 0 Å². The third-order valence-electron chi connectivity index (χ3n) is 13.2. The van der Waals surface area contributed by atoms with Crippen LogP contribution in [0.25, 0.3) is 22.3 Å². The van der Waals surface area contributed by atoms with E-state index in [4.69, 9.17) is 9.47 Å². The van der Waals surface area contributed by atoms with Gasteiger partial charge in [-0.1, -0.05) is 164 Å². The summed E-state index contributed by atoms with van der Waals surface area (Å²) in [7, 11) is 0. The molecule has 2 heterocycles. The molecule has 4 aliphatic rings. The van der Waals surface area contributed by atoms with Crippen LogP contribution in [0, 0.1) is 0 Å². The standard InChI is InChI=1S/C56H35NO2/c1-2-18-36(19-3-1)57(47-30-17-29-46-53(47)39-21-5-7-24-41(39)55(46)42-25-8-12-32-49(42)58-50-33-13-9-26-43(50)55)48-31-16-22-38-37-20-4-6-23-40(37)56(54(38)48)44-27-10-14-34-51(44)59-52-35-15-11-28-45(52)56/h1-35H. The summed E-state index contributed by atoms with van der Waals surface area (Å²) in [6, 6.07) is 77.1. The first-order chi connectivity index (χ1) is 29.3. The Labute approximate surface area is 343 Å². The van der Waals surface area contributed by atoms with Gasteiger partial charge >= 0.3 is 0 Å². The van der Waals surface area contributed by atoms with Gasteiger partial charge in [0.05, 0.1) is 22.2 Å². The zero-order valence-corrected chi connectivity index (χ0v) is 32.0. The molecule has 0 aromatic heterocycles. The summed E-state index contributed by atoms with van der Waals surface area (Å²) in [5.41, 5.74) is 16.6. The Balaban J connectivity index is 1.17. The van der Waals surface area contributed by atoms with Gasteiger partial charge in [-0.15, -0.1) is 0 Å². The molecule has 0 atom stereocenters. The molecule has 9 aromatic rings. The summed E-state index contributed by atoms with van der Waals surface area (Å²) in [5.74, 6) is 3.53. The van der Waals surface area contributed by atoms with Crippen molar-refractivity contribution in [2.24, 2.45) is 0 Å². The number of rotatable bonds is 3. The maximum absolute atomic E-state index is 6.76. The highest BCUT2D eigenvalue weighted by atomic mass is 16.5. The lowest BCUT2D eigenvalue weighted by Crippen LogP contribution is -2.33. The lowest BCUT2D eigenvalue weighted by molar-refractivity contribution is 0.436. The van der Waals surface area contributed by atoms with Crippen molar-refractivity contribution in [2.45, 2.75) is 10.8 Å². The largest absolute Gasteiger partial charge is 0.457 e. The maximum Gasteiger partial charge on any atom is 0.132 e. The highest BCUT2D eigenvalue weighted by Crippen LogP contribution is 2.67. The van der Waals surface area contributed by atoms with Crippen molar-refractivity contribution in [2.75, 3.05) is 4.90 Å². The minimum absolute atomic E-state index is 0.593. The van der Waals surface area contributed by atoms with Gasteiger partial charge in [-0.05, 0) is 81.9 Å². The molecule has 0 saturated heterocycles. The minimum Gasteiger partial charge on any atom is -0.457 e. The Morgan fingerprint density at radius 3 is 1.29 bits per heavy atom. The van der Waals surface area contributed by atoms with E-state index in [1.165, 1.54) is 44.5 Å². The number of para-hydroxylation sites is 5. The molecule has 3 nitrogen and oxygen atoms in total. The van der Waals surface area contributed by atoms with Crippen molar-refractivity contribution in [3.05, 3.63) is 257 Å². The molecular formula is C56H35NO2. The fourth-order valence-electron chi connectivity index (χ4n) is 11.1. The summed E-state index contributed by atoms with van der Waals surface area (Å²) >= 11 is 0. The van der Waals surface area contributed by atoms with Crippen LogP contribution in [-0.4, -0.2) is 0 Å². The molecule has 0 amide bonds. The van der Waals surface area contributed by atoms with E-state index in [2.05, 4.69) is 217 Å². The predicted molar refractivity (Wildman–Crippen MR) is 236 cm³/mol. The van der Waals surface area contributed by atoms with Gasteiger partial charge in [-0.3, -0.25) is 0 Å². The number of benzene rings is 9. The van der Waals surface area contributed by atoms with Gasteiger partial charge < -0.3 is 14.4 Å². The Morgan fingerprint density at radius 2 is 0.695 bits per heavy atom. The van der Waals surface area contributed by atoms with Crippen LogP contribution in [0.4, 0.5) is 17.1 Å². The quantitative estimate of drug-likeness (QED) is 0.179. The second-order valence-corrected chi connectivity index (χ2v) is 15.9. The van der Waals surface area contributed by atoms with E-state index in [0.717, 1.165) is 62.3 Å². The number of fused-ring (bicyclic) bond motifs is 18. The van der Waals surface area contributed by atoms with Crippen molar-refractivity contribution >= 4 is 17.1 Å². The first-order valence-corrected chi connectivity index (χ1v) is 20.4. The van der Waals surface area contributed by atoms with Crippen LogP contribution in [0.5, 0.6) is 23.0 Å². The molecule has 0 fully saturated rings. The smallest absolute Gasteiger partial charge is 0.132 e. The molecular weight excluding hydrogens is 719 g/mol. The minimum atomic E-state index is -0.656. The first kappa shape index (κ1) is 32.5. The molecule has 276 valence electrons. The van der Waals surface area contributed by atoms with Crippen molar-refractivity contribution < 1.29 is 9.47 Å². The van der Waals surface area contributed by atoms with Gasteiger partial charge in [0.15, 0.2) is 0 Å². The first-order valence-electron chi connectivity index (χ1n) is 20.4. The number of hydrogen-bond acceptors (Lipinski definition) is 3. The predicted octanol–water partition coefficient (Wildman–Crippen LogP) is 14.1. The van der Waals surface area contributed by atoms with Crippen LogP contribution >= 0.6 is 0 Å². The summed E-state index contributed by atoms with van der Waals surface area (Å²) in [4.78, 5) is 2.53. The van der Waals surface area contributed by atoms with Crippen molar-refractivity contribution in [1.82, 2.24) is 0 Å². The zero-order chi connectivity index (χ0) is 38.7. The number of nitrogens with zero attached hydrogens (tertiary/aromatic N) is 1. The van der Waals surface area contributed by atoms with Gasteiger partial charge in [0.2, 0.25) is 0 Å². The van der Waals surface area contributed by atoms with E-state index in [-0.39, 0.29) is 0 Å². The zero-order valence-electron chi connectivity index (χ0n) is 32.0. The van der Waals surface area contributed by atoms with Crippen LogP contribution < -0.4 is 14.4 Å². The van der Waals surface area contributed by atoms with Gasteiger partial charge in [-0.2, -0.15) is 0 Å². The third-order valence-corrected chi connectivity index (χ3v) is 13.2. The van der Waals surface area contributed by atoms with Crippen molar-refractivity contribution in [3.63, 3.8) is 0 Å². The Bertz CT molecular complexity index is 3110.